The SMILES string of the molecule is C/C(=C\c1ccccc1C)C(C)Nc1ccccc1. The normalized spacial score (nSPS) is 13.1. The second kappa shape index (κ2) is 6.24. The largest absolute Gasteiger partial charge is 0.379 e. The Balaban J connectivity index is 2.11. The smallest absolute Gasteiger partial charge is 0.0446 e. The molecule has 0 radical (unpaired) electrons. The lowest BCUT2D eigenvalue weighted by molar-refractivity contribution is 0.931. The summed E-state index contributed by atoms with van der Waals surface area (Å²) in [4.78, 5) is 0. The summed E-state index contributed by atoms with van der Waals surface area (Å²) in [6.45, 7) is 6.51. The minimum atomic E-state index is 0.321. The van der Waals surface area contributed by atoms with E-state index in [1.165, 1.54) is 16.7 Å². The number of nitrogens with one attached hydrogen (secondary N) is 1. The number of aryl methyl sites for hydroxylation is 1. The van der Waals surface area contributed by atoms with E-state index < -0.39 is 0 Å². The Morgan fingerprint density at radius 1 is 1.00 bits per heavy atom. The molecule has 2 rings (SSSR count). The van der Waals surface area contributed by atoms with Crippen LogP contribution < -0.4 is 5.32 Å². The van der Waals surface area contributed by atoms with E-state index in [2.05, 4.69) is 80.7 Å². The monoisotopic (exact) mass is 251 g/mol. The third-order valence-electron chi connectivity index (χ3n) is 3.41. The number of hydrogen-bond acceptors (Lipinski definition) is 1. The molecule has 2 aromatic carbocycles. The molecule has 1 heteroatoms. The van der Waals surface area contributed by atoms with Crippen molar-refractivity contribution in [3.63, 3.8) is 0 Å². The molecular formula is C18H21N. The van der Waals surface area contributed by atoms with Crippen LogP contribution >= 0.6 is 0 Å². The molecule has 0 aliphatic carbocycles. The lowest BCUT2D eigenvalue weighted by Crippen LogP contribution is -2.16. The average molecular weight is 251 g/mol. The summed E-state index contributed by atoms with van der Waals surface area (Å²) >= 11 is 0. The minimum Gasteiger partial charge on any atom is -0.379 e. The highest BCUT2D eigenvalue weighted by atomic mass is 14.9. The standard InChI is InChI=1S/C18H21N/c1-14-9-7-8-10-17(14)13-15(2)16(3)19-18-11-5-4-6-12-18/h4-13,16,19H,1-3H3/b15-13+. The van der Waals surface area contributed by atoms with Crippen LogP contribution in [0.25, 0.3) is 6.08 Å². The summed E-state index contributed by atoms with van der Waals surface area (Å²) < 4.78 is 0. The van der Waals surface area contributed by atoms with Crippen molar-refractivity contribution in [2.75, 3.05) is 5.32 Å². The topological polar surface area (TPSA) is 12.0 Å². The van der Waals surface area contributed by atoms with Gasteiger partial charge in [-0.2, -0.15) is 0 Å². The third kappa shape index (κ3) is 3.72. The van der Waals surface area contributed by atoms with Crippen molar-refractivity contribution >= 4 is 11.8 Å². The van der Waals surface area contributed by atoms with Gasteiger partial charge < -0.3 is 5.32 Å². The first-order valence-corrected chi connectivity index (χ1v) is 6.72. The number of para-hydroxylation sites is 1. The second-order valence-electron chi connectivity index (χ2n) is 4.98. The molecular weight excluding hydrogens is 230 g/mol. The van der Waals surface area contributed by atoms with Crippen LogP contribution in [0.4, 0.5) is 5.69 Å². The Kier molecular flexibility index (Phi) is 4.40. The summed E-state index contributed by atoms with van der Waals surface area (Å²) in [7, 11) is 0. The fraction of sp³-hybridized carbons (Fsp3) is 0.222. The Morgan fingerprint density at radius 3 is 2.32 bits per heavy atom. The molecule has 0 aromatic heterocycles. The maximum atomic E-state index is 3.51. The van der Waals surface area contributed by atoms with Gasteiger partial charge in [-0.3, -0.25) is 0 Å². The quantitative estimate of drug-likeness (QED) is 0.815. The minimum absolute atomic E-state index is 0.321. The van der Waals surface area contributed by atoms with E-state index in [0.717, 1.165) is 5.69 Å². The highest BCUT2D eigenvalue weighted by molar-refractivity contribution is 5.58. The van der Waals surface area contributed by atoms with E-state index in [1.807, 2.05) is 6.07 Å². The lowest BCUT2D eigenvalue weighted by atomic mass is 10.0. The molecule has 0 saturated carbocycles. The molecule has 98 valence electrons. The van der Waals surface area contributed by atoms with Crippen LogP contribution in [0.3, 0.4) is 0 Å². The maximum Gasteiger partial charge on any atom is 0.0446 e. The average Bonchev–Trinajstić information content (AvgIpc) is 2.42. The Morgan fingerprint density at radius 2 is 1.63 bits per heavy atom. The van der Waals surface area contributed by atoms with Gasteiger partial charge in [-0.1, -0.05) is 54.1 Å². The third-order valence-corrected chi connectivity index (χ3v) is 3.41. The molecule has 19 heavy (non-hydrogen) atoms. The van der Waals surface area contributed by atoms with Crippen LogP contribution in [-0.4, -0.2) is 6.04 Å². The van der Waals surface area contributed by atoms with Crippen molar-refractivity contribution in [3.8, 4) is 0 Å². The molecule has 0 aliphatic rings. The molecule has 1 N–H and O–H groups in total. The van der Waals surface area contributed by atoms with E-state index in [4.69, 9.17) is 0 Å². The molecule has 0 fully saturated rings. The first-order chi connectivity index (χ1) is 9.16. The second-order valence-corrected chi connectivity index (χ2v) is 4.98. The molecule has 0 amide bonds. The number of anilines is 1. The van der Waals surface area contributed by atoms with Gasteiger partial charge in [-0.25, -0.2) is 0 Å². The van der Waals surface area contributed by atoms with Crippen LogP contribution in [0, 0.1) is 6.92 Å². The lowest BCUT2D eigenvalue weighted by Gasteiger charge is -2.16. The van der Waals surface area contributed by atoms with Gasteiger partial charge in [-0.05, 0) is 44.0 Å². The molecule has 1 unspecified atom stereocenters. The van der Waals surface area contributed by atoms with Gasteiger partial charge in [-0.15, -0.1) is 0 Å². The van der Waals surface area contributed by atoms with Crippen LogP contribution in [-0.2, 0) is 0 Å². The van der Waals surface area contributed by atoms with Crippen molar-refractivity contribution in [1.29, 1.82) is 0 Å². The Bertz CT molecular complexity index is 555. The van der Waals surface area contributed by atoms with Gasteiger partial charge in [0.15, 0.2) is 0 Å². The summed E-state index contributed by atoms with van der Waals surface area (Å²) in [5.74, 6) is 0. The van der Waals surface area contributed by atoms with Crippen LogP contribution in [0.2, 0.25) is 0 Å². The van der Waals surface area contributed by atoms with Gasteiger partial charge >= 0.3 is 0 Å². The van der Waals surface area contributed by atoms with E-state index in [1.54, 1.807) is 0 Å². The molecule has 1 nitrogen and oxygen atoms in total. The number of hydrogen-bond donors (Lipinski definition) is 1. The van der Waals surface area contributed by atoms with E-state index in [-0.39, 0.29) is 0 Å². The van der Waals surface area contributed by atoms with E-state index >= 15 is 0 Å². The van der Waals surface area contributed by atoms with Crippen LogP contribution in [0.1, 0.15) is 25.0 Å². The first-order valence-electron chi connectivity index (χ1n) is 6.72. The maximum absolute atomic E-state index is 3.51. The van der Waals surface area contributed by atoms with Crippen molar-refractivity contribution < 1.29 is 0 Å². The molecule has 1 atom stereocenters. The summed E-state index contributed by atoms with van der Waals surface area (Å²) in [5.41, 5.74) is 5.10. The van der Waals surface area contributed by atoms with Crippen molar-refractivity contribution in [2.24, 2.45) is 0 Å². The van der Waals surface area contributed by atoms with Gasteiger partial charge in [0.1, 0.15) is 0 Å². The zero-order chi connectivity index (χ0) is 13.7. The molecule has 0 saturated heterocycles. The Labute approximate surface area is 116 Å². The molecule has 0 bridgehead atoms. The van der Waals surface area contributed by atoms with E-state index in [0.29, 0.717) is 6.04 Å². The molecule has 0 spiro atoms. The van der Waals surface area contributed by atoms with Crippen LogP contribution in [0.5, 0.6) is 0 Å². The summed E-state index contributed by atoms with van der Waals surface area (Å²) in [6, 6.07) is 19.1. The summed E-state index contributed by atoms with van der Waals surface area (Å²) in [6.07, 6.45) is 2.26. The Hall–Kier alpha value is -2.02. The molecule has 2 aromatic rings. The fourth-order valence-corrected chi connectivity index (χ4v) is 2.02. The number of rotatable bonds is 4. The van der Waals surface area contributed by atoms with Crippen molar-refractivity contribution in [3.05, 3.63) is 71.3 Å². The van der Waals surface area contributed by atoms with E-state index in [9.17, 15) is 0 Å². The highest BCUT2D eigenvalue weighted by Gasteiger charge is 2.04. The number of benzene rings is 2. The summed E-state index contributed by atoms with van der Waals surface area (Å²) in [5, 5.41) is 3.51. The van der Waals surface area contributed by atoms with Gasteiger partial charge in [0.05, 0.1) is 0 Å². The highest BCUT2D eigenvalue weighted by Crippen LogP contribution is 2.16. The van der Waals surface area contributed by atoms with Gasteiger partial charge in [0.2, 0.25) is 0 Å². The van der Waals surface area contributed by atoms with Crippen LogP contribution in [0.15, 0.2) is 60.2 Å². The zero-order valence-electron chi connectivity index (χ0n) is 11.9. The van der Waals surface area contributed by atoms with Crippen molar-refractivity contribution in [2.45, 2.75) is 26.8 Å². The van der Waals surface area contributed by atoms with Gasteiger partial charge in [0, 0.05) is 11.7 Å². The fourth-order valence-electron chi connectivity index (χ4n) is 2.02. The zero-order valence-corrected chi connectivity index (χ0v) is 11.9. The van der Waals surface area contributed by atoms with Gasteiger partial charge in [0.25, 0.3) is 0 Å². The predicted molar refractivity (Wildman–Crippen MR) is 84.4 cm³/mol. The molecule has 0 heterocycles. The van der Waals surface area contributed by atoms with Crippen molar-refractivity contribution in [1.82, 2.24) is 0 Å². The predicted octanol–water partition coefficient (Wildman–Crippen LogP) is 4.90. The molecule has 0 aliphatic heterocycles. The first kappa shape index (κ1) is 13.4.